The number of nitrogens with one attached hydrogen (secondary N) is 2. The average molecular weight is 383 g/mol. The van der Waals surface area contributed by atoms with E-state index >= 15 is 0 Å². The Labute approximate surface area is 158 Å². The number of amides is 5. The van der Waals surface area contributed by atoms with E-state index in [1.807, 2.05) is 0 Å². The molecule has 3 heterocycles. The molecule has 4 N–H and O–H groups in total. The number of hydrogen-bond acceptors (Lipinski definition) is 6. The number of nitrogens with two attached hydrogens (primary N) is 1. The largest absolute Gasteiger partial charge is 0.352 e. The minimum Gasteiger partial charge on any atom is -0.352 e. The summed E-state index contributed by atoms with van der Waals surface area (Å²) in [7, 11) is 0. The number of primary amides is 1. The summed E-state index contributed by atoms with van der Waals surface area (Å²) in [6, 6.07) is 3.96. The second-order valence-electron chi connectivity index (χ2n) is 6.61. The molecular formula is C17H17N7O4. The van der Waals surface area contributed by atoms with Gasteiger partial charge in [-0.3, -0.25) is 19.7 Å². The number of benzene rings is 1. The Morgan fingerprint density at radius 3 is 2.89 bits per heavy atom. The zero-order valence-corrected chi connectivity index (χ0v) is 14.7. The number of fused-ring (bicyclic) bond motifs is 1. The number of imide groups is 1. The molecule has 1 fully saturated rings. The predicted octanol–water partition coefficient (Wildman–Crippen LogP) is -0.803. The molecule has 1 saturated heterocycles. The van der Waals surface area contributed by atoms with Gasteiger partial charge in [0.05, 0.1) is 18.4 Å². The fraction of sp³-hybridized carbons (Fsp3) is 0.294. The lowest BCUT2D eigenvalue weighted by atomic mass is 10.0. The fourth-order valence-corrected chi connectivity index (χ4v) is 3.37. The van der Waals surface area contributed by atoms with E-state index in [0.29, 0.717) is 29.9 Å². The van der Waals surface area contributed by atoms with Gasteiger partial charge in [0, 0.05) is 18.5 Å². The molecule has 4 rings (SSSR count). The first kappa shape index (κ1) is 17.6. The number of rotatable bonds is 4. The van der Waals surface area contributed by atoms with Gasteiger partial charge in [0.1, 0.15) is 11.7 Å². The van der Waals surface area contributed by atoms with Crippen molar-refractivity contribution >= 4 is 23.8 Å². The van der Waals surface area contributed by atoms with Crippen molar-refractivity contribution in [3.63, 3.8) is 0 Å². The first-order valence-electron chi connectivity index (χ1n) is 8.65. The van der Waals surface area contributed by atoms with Crippen LogP contribution in [0.15, 0.2) is 24.4 Å². The second kappa shape index (κ2) is 6.76. The predicted molar refractivity (Wildman–Crippen MR) is 93.8 cm³/mol. The first-order valence-corrected chi connectivity index (χ1v) is 8.65. The topological polar surface area (TPSA) is 152 Å². The first-order chi connectivity index (χ1) is 13.4. The van der Waals surface area contributed by atoms with Gasteiger partial charge in [-0.05, 0) is 24.1 Å². The van der Waals surface area contributed by atoms with Crippen LogP contribution in [0.5, 0.6) is 0 Å². The highest BCUT2D eigenvalue weighted by Crippen LogP contribution is 2.28. The smallest absolute Gasteiger partial charge is 0.312 e. The fourth-order valence-electron chi connectivity index (χ4n) is 3.37. The van der Waals surface area contributed by atoms with Gasteiger partial charge in [0.25, 0.3) is 5.91 Å². The van der Waals surface area contributed by atoms with Gasteiger partial charge in [0.2, 0.25) is 11.8 Å². The standard InChI is InChI=1S/C17H17N7O4/c18-17(28)19-6-10-8-24(22-21-10)11-2-1-9-7-23(16(27)12(9)5-11)13-3-4-14(25)20-15(13)26/h1-2,5,8,13H,3-4,6-7H2,(H3,18,19,28)(H,20,25,26). The molecule has 28 heavy (non-hydrogen) atoms. The van der Waals surface area contributed by atoms with Crippen molar-refractivity contribution < 1.29 is 19.2 Å². The molecule has 2 aromatic rings. The van der Waals surface area contributed by atoms with E-state index < -0.39 is 18.0 Å². The molecule has 0 aliphatic carbocycles. The highest BCUT2D eigenvalue weighted by atomic mass is 16.2. The molecule has 2 aliphatic heterocycles. The van der Waals surface area contributed by atoms with Crippen LogP contribution in [0.1, 0.15) is 34.5 Å². The van der Waals surface area contributed by atoms with E-state index in [0.717, 1.165) is 5.56 Å². The third-order valence-electron chi connectivity index (χ3n) is 4.76. The number of urea groups is 1. The van der Waals surface area contributed by atoms with E-state index in [1.54, 1.807) is 24.4 Å². The highest BCUT2D eigenvalue weighted by molar-refractivity contribution is 6.05. The average Bonchev–Trinajstić information content (AvgIpc) is 3.25. The van der Waals surface area contributed by atoms with Crippen LogP contribution in [0.4, 0.5) is 4.79 Å². The van der Waals surface area contributed by atoms with Gasteiger partial charge in [-0.1, -0.05) is 11.3 Å². The van der Waals surface area contributed by atoms with Gasteiger partial charge >= 0.3 is 6.03 Å². The molecule has 1 aromatic carbocycles. The minimum atomic E-state index is -0.661. The summed E-state index contributed by atoms with van der Waals surface area (Å²) in [6.07, 6.45) is 2.15. The molecule has 11 nitrogen and oxygen atoms in total. The quantitative estimate of drug-likeness (QED) is 0.588. The maximum Gasteiger partial charge on any atom is 0.312 e. The van der Waals surface area contributed by atoms with Crippen LogP contribution in [0.2, 0.25) is 0 Å². The summed E-state index contributed by atoms with van der Waals surface area (Å²) in [5.41, 5.74) is 7.44. The van der Waals surface area contributed by atoms with E-state index in [-0.39, 0.29) is 24.8 Å². The number of nitrogens with zero attached hydrogens (tertiary/aromatic N) is 4. The molecule has 5 amide bonds. The summed E-state index contributed by atoms with van der Waals surface area (Å²) in [6.45, 7) is 0.453. The highest BCUT2D eigenvalue weighted by Gasteiger charge is 2.39. The summed E-state index contributed by atoms with van der Waals surface area (Å²) in [4.78, 5) is 48.6. The molecule has 1 aromatic heterocycles. The molecule has 0 bridgehead atoms. The Bertz CT molecular complexity index is 999. The van der Waals surface area contributed by atoms with E-state index in [2.05, 4.69) is 20.9 Å². The van der Waals surface area contributed by atoms with Crippen molar-refractivity contribution in [2.75, 3.05) is 0 Å². The van der Waals surface area contributed by atoms with Crippen LogP contribution in [0.3, 0.4) is 0 Å². The zero-order chi connectivity index (χ0) is 19.8. The molecule has 1 atom stereocenters. The maximum atomic E-state index is 12.8. The van der Waals surface area contributed by atoms with Crippen molar-refractivity contribution in [2.24, 2.45) is 5.73 Å². The third-order valence-corrected chi connectivity index (χ3v) is 4.76. The van der Waals surface area contributed by atoms with Gasteiger partial charge in [0.15, 0.2) is 0 Å². The molecule has 0 radical (unpaired) electrons. The summed E-state index contributed by atoms with van der Waals surface area (Å²) in [5.74, 6) is -1.02. The summed E-state index contributed by atoms with van der Waals surface area (Å²) < 4.78 is 1.49. The number of carbonyl (C=O) groups excluding carboxylic acids is 4. The lowest BCUT2D eigenvalue weighted by Gasteiger charge is -2.29. The minimum absolute atomic E-state index is 0.141. The summed E-state index contributed by atoms with van der Waals surface area (Å²) in [5, 5.41) is 12.6. The zero-order valence-electron chi connectivity index (χ0n) is 14.7. The van der Waals surface area contributed by atoms with E-state index in [1.165, 1.54) is 9.58 Å². The normalized spacial score (nSPS) is 18.8. The Kier molecular flexibility index (Phi) is 4.26. The van der Waals surface area contributed by atoms with Gasteiger partial charge in [-0.25, -0.2) is 9.48 Å². The number of carbonyl (C=O) groups is 4. The Morgan fingerprint density at radius 1 is 1.32 bits per heavy atom. The monoisotopic (exact) mass is 383 g/mol. The van der Waals surface area contributed by atoms with Crippen LogP contribution < -0.4 is 16.4 Å². The van der Waals surface area contributed by atoms with E-state index in [4.69, 9.17) is 5.73 Å². The van der Waals surface area contributed by atoms with Crippen molar-refractivity contribution in [3.05, 3.63) is 41.2 Å². The molecule has 0 saturated carbocycles. The van der Waals surface area contributed by atoms with Crippen LogP contribution in [0.25, 0.3) is 5.69 Å². The number of piperidine rings is 1. The Hall–Kier alpha value is -3.76. The van der Waals surface area contributed by atoms with Gasteiger partial charge in [-0.15, -0.1) is 5.10 Å². The van der Waals surface area contributed by atoms with Crippen molar-refractivity contribution in [2.45, 2.75) is 32.0 Å². The Balaban J connectivity index is 1.54. The number of hydrogen-bond donors (Lipinski definition) is 3. The van der Waals surface area contributed by atoms with E-state index in [9.17, 15) is 19.2 Å². The van der Waals surface area contributed by atoms with Crippen LogP contribution in [-0.4, -0.2) is 49.7 Å². The summed E-state index contributed by atoms with van der Waals surface area (Å²) >= 11 is 0. The molecule has 1 unspecified atom stereocenters. The van der Waals surface area contributed by atoms with Gasteiger partial charge in [-0.2, -0.15) is 0 Å². The molecule has 144 valence electrons. The molecular weight excluding hydrogens is 366 g/mol. The van der Waals surface area contributed by atoms with Crippen molar-refractivity contribution in [1.29, 1.82) is 0 Å². The van der Waals surface area contributed by atoms with Crippen molar-refractivity contribution in [1.82, 2.24) is 30.5 Å². The maximum absolute atomic E-state index is 12.8. The van der Waals surface area contributed by atoms with Crippen LogP contribution >= 0.6 is 0 Å². The SMILES string of the molecule is NC(=O)NCc1cn(-c2ccc3c(c2)C(=O)N(C2CCC(=O)NC2=O)C3)nn1. The van der Waals surface area contributed by atoms with Crippen molar-refractivity contribution in [3.8, 4) is 5.69 Å². The lowest BCUT2D eigenvalue weighted by molar-refractivity contribution is -0.136. The van der Waals surface area contributed by atoms with Crippen LogP contribution in [0, 0.1) is 0 Å². The lowest BCUT2D eigenvalue weighted by Crippen LogP contribution is -2.52. The number of aromatic nitrogens is 3. The molecule has 11 heteroatoms. The second-order valence-corrected chi connectivity index (χ2v) is 6.61. The third kappa shape index (κ3) is 3.17. The van der Waals surface area contributed by atoms with Gasteiger partial charge < -0.3 is 16.0 Å². The van der Waals surface area contributed by atoms with Crippen LogP contribution in [-0.2, 0) is 22.7 Å². The molecule has 2 aliphatic rings. The molecule has 0 spiro atoms. The Morgan fingerprint density at radius 2 is 2.14 bits per heavy atom.